The van der Waals surface area contributed by atoms with E-state index in [0.717, 1.165) is 0 Å². The summed E-state index contributed by atoms with van der Waals surface area (Å²) in [5.74, 6) is 0. The molecule has 1 unspecified atom stereocenters. The lowest BCUT2D eigenvalue weighted by Gasteiger charge is -2.46. The molecule has 135 valence electrons. The lowest BCUT2D eigenvalue weighted by Crippen LogP contribution is -2.60. The Hall–Kier alpha value is -3.08. The van der Waals surface area contributed by atoms with Crippen LogP contribution in [0.2, 0.25) is 0 Å². The maximum atomic E-state index is 14.8. The number of hydrogen-bond donors (Lipinski definition) is 1. The van der Waals surface area contributed by atoms with Crippen LogP contribution in [0.4, 0.5) is 13.2 Å². The predicted molar refractivity (Wildman–Crippen MR) is 98.4 cm³/mol. The maximum absolute atomic E-state index is 14.8. The molecule has 0 aromatic heterocycles. The average molecular weight is 365 g/mol. The highest BCUT2D eigenvalue weighted by molar-refractivity contribution is 5.68. The van der Waals surface area contributed by atoms with Gasteiger partial charge < -0.3 is 5.32 Å². The lowest BCUT2D eigenvalue weighted by atomic mass is 9.65. The van der Waals surface area contributed by atoms with Gasteiger partial charge in [-0.05, 0) is 16.7 Å². The lowest BCUT2D eigenvalue weighted by molar-refractivity contribution is -0.204. The first-order valence-electron chi connectivity index (χ1n) is 8.50. The highest BCUT2D eigenvalue weighted by Crippen LogP contribution is 2.58. The molecule has 1 N–H and O–H groups in total. The highest BCUT2D eigenvalue weighted by atomic mass is 19.4. The fourth-order valence-corrected chi connectivity index (χ4v) is 3.88. The normalized spacial score (nSPS) is 21.0. The van der Waals surface area contributed by atoms with Crippen LogP contribution in [-0.4, -0.2) is 12.5 Å². The third kappa shape index (κ3) is 2.38. The van der Waals surface area contributed by atoms with E-state index in [0.29, 0.717) is 11.1 Å². The van der Waals surface area contributed by atoms with Crippen molar-refractivity contribution in [3.8, 4) is 0 Å². The number of nitrogens with zero attached hydrogens (tertiary/aromatic N) is 1. The largest absolute Gasteiger partial charge is 0.420 e. The molecular formula is C22H16F3N2. The Kier molecular flexibility index (Phi) is 4.02. The second-order valence-corrected chi connectivity index (χ2v) is 6.40. The third-order valence-electron chi connectivity index (χ3n) is 5.03. The molecule has 0 saturated carbocycles. The van der Waals surface area contributed by atoms with Gasteiger partial charge in [-0.1, -0.05) is 91.0 Å². The fraction of sp³-hybridized carbons (Fsp3) is 0.136. The minimum Gasteiger partial charge on any atom is -0.351 e. The van der Waals surface area contributed by atoms with E-state index in [1.165, 1.54) is 12.1 Å². The minimum absolute atomic E-state index is 0.0581. The average Bonchev–Trinajstić information content (AvgIpc) is 3.12. The smallest absolute Gasteiger partial charge is 0.351 e. The molecule has 0 saturated heterocycles. The summed E-state index contributed by atoms with van der Waals surface area (Å²) in [6.45, 7) is 0. The van der Waals surface area contributed by atoms with Gasteiger partial charge in [0.15, 0.2) is 6.34 Å². The summed E-state index contributed by atoms with van der Waals surface area (Å²) >= 11 is 0. The first-order valence-corrected chi connectivity index (χ1v) is 8.50. The molecule has 0 aliphatic carbocycles. The van der Waals surface area contributed by atoms with Crippen molar-refractivity contribution in [1.82, 2.24) is 5.32 Å². The molecule has 3 aromatic rings. The van der Waals surface area contributed by atoms with Crippen molar-refractivity contribution in [3.63, 3.8) is 0 Å². The van der Waals surface area contributed by atoms with Crippen molar-refractivity contribution in [2.24, 2.45) is 4.99 Å². The molecule has 1 aliphatic rings. The van der Waals surface area contributed by atoms with Crippen LogP contribution >= 0.6 is 0 Å². The van der Waals surface area contributed by atoms with Gasteiger partial charge in [0.25, 0.3) is 0 Å². The molecule has 27 heavy (non-hydrogen) atoms. The number of aliphatic imine (C=N–C) groups is 1. The van der Waals surface area contributed by atoms with Crippen LogP contribution < -0.4 is 5.32 Å². The van der Waals surface area contributed by atoms with Gasteiger partial charge in [-0.15, -0.1) is 0 Å². The topological polar surface area (TPSA) is 24.4 Å². The highest BCUT2D eigenvalue weighted by Gasteiger charge is 2.71. The van der Waals surface area contributed by atoms with Crippen molar-refractivity contribution in [2.45, 2.75) is 17.3 Å². The molecule has 1 aliphatic heterocycles. The van der Waals surface area contributed by atoms with Crippen LogP contribution in [0.15, 0.2) is 96.0 Å². The van der Waals surface area contributed by atoms with E-state index in [4.69, 9.17) is 0 Å². The van der Waals surface area contributed by atoms with Crippen molar-refractivity contribution in [2.75, 3.05) is 0 Å². The zero-order chi connectivity index (χ0) is 19.0. The Balaban J connectivity index is 2.12. The van der Waals surface area contributed by atoms with E-state index in [1.54, 1.807) is 78.9 Å². The minimum atomic E-state index is -4.67. The molecule has 3 aromatic carbocycles. The Morgan fingerprint density at radius 2 is 1.07 bits per heavy atom. The molecule has 1 radical (unpaired) electrons. The Labute approximate surface area is 155 Å². The number of nitrogens with one attached hydrogen (secondary N) is 1. The van der Waals surface area contributed by atoms with Gasteiger partial charge in [-0.25, -0.2) is 4.99 Å². The molecule has 0 amide bonds. The van der Waals surface area contributed by atoms with Gasteiger partial charge in [0, 0.05) is 0 Å². The standard InChI is InChI=1S/C22H16F3N2/c23-22(24,25)21(19-14-8-3-9-15-19)20(26-16-27-21,17-10-4-1-5-11-17)18-12-6-2-7-13-18/h1-15H,(H,26,27). The fourth-order valence-electron chi connectivity index (χ4n) is 3.88. The van der Waals surface area contributed by atoms with E-state index in [2.05, 4.69) is 16.6 Å². The quantitative estimate of drug-likeness (QED) is 0.702. The molecule has 2 nitrogen and oxygen atoms in total. The zero-order valence-corrected chi connectivity index (χ0v) is 14.2. The second-order valence-electron chi connectivity index (χ2n) is 6.40. The Morgan fingerprint density at radius 1 is 0.667 bits per heavy atom. The number of alkyl halides is 3. The third-order valence-corrected chi connectivity index (χ3v) is 5.03. The first-order chi connectivity index (χ1) is 13.0. The molecule has 4 rings (SSSR count). The molecular weight excluding hydrogens is 349 g/mol. The van der Waals surface area contributed by atoms with Gasteiger partial charge in [-0.2, -0.15) is 13.2 Å². The van der Waals surface area contributed by atoms with Crippen molar-refractivity contribution in [3.05, 3.63) is 108 Å². The van der Waals surface area contributed by atoms with E-state index in [-0.39, 0.29) is 5.56 Å². The summed E-state index contributed by atoms with van der Waals surface area (Å²) < 4.78 is 44.4. The summed E-state index contributed by atoms with van der Waals surface area (Å²) in [6.07, 6.45) is -2.21. The molecule has 1 heterocycles. The van der Waals surface area contributed by atoms with Crippen LogP contribution in [0.3, 0.4) is 0 Å². The summed E-state index contributed by atoms with van der Waals surface area (Å²) in [5.41, 5.74) is -3.24. The van der Waals surface area contributed by atoms with Crippen molar-refractivity contribution < 1.29 is 13.2 Å². The zero-order valence-electron chi connectivity index (χ0n) is 14.2. The van der Waals surface area contributed by atoms with Crippen LogP contribution in [0.1, 0.15) is 16.7 Å². The number of rotatable bonds is 3. The van der Waals surface area contributed by atoms with Gasteiger partial charge in [0.05, 0.1) is 0 Å². The molecule has 1 atom stereocenters. The molecule has 5 heteroatoms. The summed E-state index contributed by atoms with van der Waals surface area (Å²) in [7, 11) is 0. The predicted octanol–water partition coefficient (Wildman–Crippen LogP) is 4.90. The number of halogens is 3. The molecule has 0 fully saturated rings. The first kappa shape index (κ1) is 17.3. The van der Waals surface area contributed by atoms with Crippen LogP contribution in [0.25, 0.3) is 0 Å². The summed E-state index contributed by atoms with van der Waals surface area (Å²) in [6, 6.07) is 25.0. The second kappa shape index (κ2) is 6.27. The van der Waals surface area contributed by atoms with Crippen LogP contribution in [0.5, 0.6) is 0 Å². The van der Waals surface area contributed by atoms with Crippen LogP contribution in [0, 0.1) is 0 Å². The Bertz CT molecular complexity index is 898. The maximum Gasteiger partial charge on any atom is 0.420 e. The van der Waals surface area contributed by atoms with Gasteiger partial charge in [-0.3, -0.25) is 0 Å². The van der Waals surface area contributed by atoms with E-state index < -0.39 is 17.3 Å². The van der Waals surface area contributed by atoms with E-state index in [1.807, 2.05) is 0 Å². The SMILES string of the molecule is FC(F)(F)C1(c2ccccc2)N=[C]NC1(c1ccccc1)c1ccccc1. The summed E-state index contributed by atoms with van der Waals surface area (Å²) in [5, 5.41) is 2.86. The number of benzene rings is 3. The van der Waals surface area contributed by atoms with Gasteiger partial charge in [0.2, 0.25) is 5.54 Å². The van der Waals surface area contributed by atoms with E-state index >= 15 is 0 Å². The van der Waals surface area contributed by atoms with Gasteiger partial charge in [0.1, 0.15) is 5.54 Å². The van der Waals surface area contributed by atoms with Crippen molar-refractivity contribution >= 4 is 6.34 Å². The van der Waals surface area contributed by atoms with Gasteiger partial charge >= 0.3 is 6.18 Å². The van der Waals surface area contributed by atoms with Crippen molar-refractivity contribution in [1.29, 1.82) is 0 Å². The van der Waals surface area contributed by atoms with Crippen LogP contribution in [-0.2, 0) is 11.1 Å². The van der Waals surface area contributed by atoms with E-state index in [9.17, 15) is 13.2 Å². The monoisotopic (exact) mass is 365 g/mol. The molecule has 0 bridgehead atoms. The number of hydrogen-bond acceptors (Lipinski definition) is 2. The summed E-state index contributed by atoms with van der Waals surface area (Å²) in [4.78, 5) is 3.93. The molecule has 0 spiro atoms. The Morgan fingerprint density at radius 3 is 1.48 bits per heavy atom.